The van der Waals surface area contributed by atoms with E-state index in [1.807, 2.05) is 72.8 Å². The van der Waals surface area contributed by atoms with Gasteiger partial charge in [-0.15, -0.1) is 0 Å². The summed E-state index contributed by atoms with van der Waals surface area (Å²) in [5.74, 6) is 0. The van der Waals surface area contributed by atoms with Crippen molar-refractivity contribution in [2.24, 2.45) is 0 Å². The van der Waals surface area contributed by atoms with Gasteiger partial charge in [0.1, 0.15) is 22.3 Å². The van der Waals surface area contributed by atoms with E-state index in [1.54, 1.807) is 0 Å². The molecule has 5 aromatic carbocycles. The van der Waals surface area contributed by atoms with Gasteiger partial charge < -0.3 is 20.3 Å². The van der Waals surface area contributed by atoms with Crippen molar-refractivity contribution in [2.45, 2.75) is 0 Å². The first-order valence-electron chi connectivity index (χ1n) is 11.2. The maximum absolute atomic E-state index is 6.79. The summed E-state index contributed by atoms with van der Waals surface area (Å²) in [5, 5.41) is 4.27. The van der Waals surface area contributed by atoms with Gasteiger partial charge in [0.05, 0.1) is 0 Å². The smallest absolute Gasteiger partial charge is 0.135 e. The number of hydrogen-bond acceptors (Lipinski definition) is 4. The van der Waals surface area contributed by atoms with Crippen LogP contribution in [0.2, 0.25) is 0 Å². The topological polar surface area (TPSA) is 78.3 Å². The number of rotatable bonds is 2. The lowest BCUT2D eigenvalue weighted by Gasteiger charge is -2.15. The summed E-state index contributed by atoms with van der Waals surface area (Å²) in [6, 6.07) is 32.3. The molecule has 4 nitrogen and oxygen atoms in total. The lowest BCUT2D eigenvalue weighted by molar-refractivity contribution is 0.668. The number of hydrogen-bond donors (Lipinski definition) is 2. The summed E-state index contributed by atoms with van der Waals surface area (Å²) in [4.78, 5) is 0. The van der Waals surface area contributed by atoms with Gasteiger partial charge in [0.2, 0.25) is 0 Å². The first kappa shape index (κ1) is 18.8. The van der Waals surface area contributed by atoms with Gasteiger partial charge in [-0.05, 0) is 53.6 Å². The standard InChI is InChI=1S/C30H20N2O2/c31-24-12-11-19(17-9-13-27-22(15-17)20-5-1-3-7-25(20)33-27)30(32)29(24)18-10-14-28-23(16-18)21-6-2-4-8-26(21)34-28/h1-16H,31-32H2. The molecule has 0 spiro atoms. The number of nitrogens with two attached hydrogens (primary N) is 2. The van der Waals surface area contributed by atoms with Crippen molar-refractivity contribution in [3.05, 3.63) is 97.1 Å². The zero-order valence-corrected chi connectivity index (χ0v) is 18.2. The predicted octanol–water partition coefficient (Wildman–Crippen LogP) is 7.98. The second-order valence-electron chi connectivity index (χ2n) is 8.61. The summed E-state index contributed by atoms with van der Waals surface area (Å²) in [6.07, 6.45) is 0. The highest BCUT2D eigenvalue weighted by molar-refractivity contribution is 6.09. The molecule has 7 aromatic rings. The average molecular weight is 441 g/mol. The van der Waals surface area contributed by atoms with Crippen LogP contribution in [0.15, 0.2) is 106 Å². The Kier molecular flexibility index (Phi) is 3.82. The van der Waals surface area contributed by atoms with Crippen molar-refractivity contribution in [2.75, 3.05) is 11.5 Å². The molecular weight excluding hydrogens is 420 g/mol. The molecular formula is C30H20N2O2. The lowest BCUT2D eigenvalue weighted by Crippen LogP contribution is -1.99. The van der Waals surface area contributed by atoms with Crippen LogP contribution in [0.5, 0.6) is 0 Å². The van der Waals surface area contributed by atoms with Crippen LogP contribution in [-0.4, -0.2) is 0 Å². The zero-order valence-electron chi connectivity index (χ0n) is 18.2. The first-order valence-corrected chi connectivity index (χ1v) is 11.2. The van der Waals surface area contributed by atoms with Crippen LogP contribution in [0.1, 0.15) is 0 Å². The molecule has 0 atom stereocenters. The molecule has 0 fully saturated rings. The minimum atomic E-state index is 0.642. The van der Waals surface area contributed by atoms with Gasteiger partial charge in [-0.25, -0.2) is 0 Å². The predicted molar refractivity (Wildman–Crippen MR) is 141 cm³/mol. The summed E-state index contributed by atoms with van der Waals surface area (Å²) >= 11 is 0. The Bertz CT molecular complexity index is 1890. The molecule has 0 aliphatic rings. The van der Waals surface area contributed by atoms with Crippen molar-refractivity contribution in [1.82, 2.24) is 0 Å². The van der Waals surface area contributed by atoms with Crippen LogP contribution in [0, 0.1) is 0 Å². The van der Waals surface area contributed by atoms with Crippen LogP contribution >= 0.6 is 0 Å². The Labute approximate surface area is 195 Å². The Morgan fingerprint density at radius 2 is 1.00 bits per heavy atom. The van der Waals surface area contributed by atoms with E-state index < -0.39 is 0 Å². The molecule has 162 valence electrons. The van der Waals surface area contributed by atoms with E-state index in [0.29, 0.717) is 11.4 Å². The summed E-state index contributed by atoms with van der Waals surface area (Å²) < 4.78 is 12.0. The fraction of sp³-hybridized carbons (Fsp3) is 0. The molecule has 0 bridgehead atoms. The van der Waals surface area contributed by atoms with E-state index in [-0.39, 0.29) is 0 Å². The van der Waals surface area contributed by atoms with Gasteiger partial charge in [0.15, 0.2) is 0 Å². The highest BCUT2D eigenvalue weighted by atomic mass is 16.3. The number of anilines is 2. The molecule has 0 saturated heterocycles. The summed E-state index contributed by atoms with van der Waals surface area (Å²) in [7, 11) is 0. The number of para-hydroxylation sites is 2. The highest BCUT2D eigenvalue weighted by Gasteiger charge is 2.16. The maximum Gasteiger partial charge on any atom is 0.135 e. The minimum Gasteiger partial charge on any atom is -0.456 e. The van der Waals surface area contributed by atoms with Crippen molar-refractivity contribution < 1.29 is 8.83 Å². The molecule has 7 rings (SSSR count). The van der Waals surface area contributed by atoms with Crippen LogP contribution < -0.4 is 11.5 Å². The number of fused-ring (bicyclic) bond motifs is 6. The molecule has 0 saturated carbocycles. The second kappa shape index (κ2) is 6.90. The molecule has 0 unspecified atom stereocenters. The normalized spacial score (nSPS) is 11.8. The quantitative estimate of drug-likeness (QED) is 0.267. The van der Waals surface area contributed by atoms with Crippen molar-refractivity contribution in [3.8, 4) is 22.3 Å². The molecule has 0 radical (unpaired) electrons. The Balaban J connectivity index is 1.43. The number of nitrogen functional groups attached to an aromatic ring is 2. The largest absolute Gasteiger partial charge is 0.456 e. The van der Waals surface area contributed by atoms with Gasteiger partial charge in [-0.2, -0.15) is 0 Å². The molecule has 2 heterocycles. The zero-order chi connectivity index (χ0) is 22.8. The first-order chi connectivity index (χ1) is 16.7. The molecule has 34 heavy (non-hydrogen) atoms. The van der Waals surface area contributed by atoms with Crippen molar-refractivity contribution in [3.63, 3.8) is 0 Å². The second-order valence-corrected chi connectivity index (χ2v) is 8.61. The van der Waals surface area contributed by atoms with Crippen LogP contribution in [-0.2, 0) is 0 Å². The Morgan fingerprint density at radius 1 is 0.471 bits per heavy atom. The SMILES string of the molecule is Nc1ccc(-c2ccc3oc4ccccc4c3c2)c(N)c1-c1ccc2oc3ccccc3c2c1. The third-order valence-electron chi connectivity index (χ3n) is 6.63. The van der Waals surface area contributed by atoms with Crippen LogP contribution in [0.4, 0.5) is 11.4 Å². The summed E-state index contributed by atoms with van der Waals surface area (Å²) in [6.45, 7) is 0. The third kappa shape index (κ3) is 2.66. The van der Waals surface area contributed by atoms with Gasteiger partial charge in [0, 0.05) is 44.0 Å². The minimum absolute atomic E-state index is 0.642. The van der Waals surface area contributed by atoms with Crippen molar-refractivity contribution in [1.29, 1.82) is 0 Å². The Morgan fingerprint density at radius 3 is 1.65 bits per heavy atom. The van der Waals surface area contributed by atoms with Crippen LogP contribution in [0.3, 0.4) is 0 Å². The molecule has 4 heteroatoms. The average Bonchev–Trinajstić information content (AvgIpc) is 3.42. The van der Waals surface area contributed by atoms with E-state index >= 15 is 0 Å². The molecule has 0 aliphatic carbocycles. The molecule has 0 aliphatic heterocycles. The highest BCUT2D eigenvalue weighted by Crippen LogP contribution is 2.42. The Hall–Kier alpha value is -4.70. The van der Waals surface area contributed by atoms with Crippen molar-refractivity contribution >= 4 is 55.3 Å². The third-order valence-corrected chi connectivity index (χ3v) is 6.63. The van der Waals surface area contributed by atoms with Gasteiger partial charge in [-0.1, -0.05) is 54.6 Å². The van der Waals surface area contributed by atoms with Gasteiger partial charge >= 0.3 is 0 Å². The lowest BCUT2D eigenvalue weighted by atomic mass is 9.93. The number of furan rings is 2. The van der Waals surface area contributed by atoms with E-state index in [0.717, 1.165) is 66.1 Å². The van der Waals surface area contributed by atoms with E-state index in [2.05, 4.69) is 24.3 Å². The van der Waals surface area contributed by atoms with Gasteiger partial charge in [0.25, 0.3) is 0 Å². The van der Waals surface area contributed by atoms with Crippen LogP contribution in [0.25, 0.3) is 66.1 Å². The van der Waals surface area contributed by atoms with E-state index in [1.165, 1.54) is 0 Å². The van der Waals surface area contributed by atoms with E-state index in [4.69, 9.17) is 20.3 Å². The molecule has 4 N–H and O–H groups in total. The van der Waals surface area contributed by atoms with E-state index in [9.17, 15) is 0 Å². The molecule has 2 aromatic heterocycles. The fourth-order valence-corrected chi connectivity index (χ4v) is 4.99. The maximum atomic E-state index is 6.79. The van der Waals surface area contributed by atoms with Gasteiger partial charge in [-0.3, -0.25) is 0 Å². The summed E-state index contributed by atoms with van der Waals surface area (Å²) in [5.41, 5.74) is 21.7. The number of benzene rings is 5. The molecule has 0 amide bonds. The monoisotopic (exact) mass is 440 g/mol. The fourth-order valence-electron chi connectivity index (χ4n) is 4.99.